The molecule has 2 rings (SSSR count). The summed E-state index contributed by atoms with van der Waals surface area (Å²) in [4.78, 5) is 1.57. The van der Waals surface area contributed by atoms with E-state index in [2.05, 4.69) is 32.9 Å². The van der Waals surface area contributed by atoms with Crippen molar-refractivity contribution >= 4 is 0 Å². The predicted octanol–water partition coefficient (Wildman–Crippen LogP) is 1.34. The summed E-state index contributed by atoms with van der Waals surface area (Å²) in [7, 11) is 0. The van der Waals surface area contributed by atoms with Gasteiger partial charge >= 0.3 is 0 Å². The van der Waals surface area contributed by atoms with Crippen molar-refractivity contribution in [2.75, 3.05) is 39.5 Å². The summed E-state index contributed by atoms with van der Waals surface area (Å²) >= 11 is 0. The molecule has 0 bridgehead atoms. The van der Waals surface area contributed by atoms with E-state index < -0.39 is 0 Å². The van der Waals surface area contributed by atoms with Crippen LogP contribution in [0.4, 0.5) is 0 Å². The highest BCUT2D eigenvalue weighted by atomic mass is 16.5. The Hall–Kier alpha value is -1.10. The van der Waals surface area contributed by atoms with Crippen LogP contribution in [-0.4, -0.2) is 51.7 Å². The predicted molar refractivity (Wildman–Crippen MR) is 87.7 cm³/mol. The SMILES string of the molecule is CCc1cccc(OCCOCC[NH+]2C[C@H](C)O[C@@H](C)C2)c1. The highest BCUT2D eigenvalue weighted by molar-refractivity contribution is 5.28. The Morgan fingerprint density at radius 3 is 2.64 bits per heavy atom. The third-order valence-corrected chi connectivity index (χ3v) is 4.02. The Bertz CT molecular complexity index is 428. The summed E-state index contributed by atoms with van der Waals surface area (Å²) in [6, 6.07) is 8.26. The van der Waals surface area contributed by atoms with Crippen LogP contribution < -0.4 is 9.64 Å². The summed E-state index contributed by atoms with van der Waals surface area (Å²) in [5, 5.41) is 0. The van der Waals surface area contributed by atoms with Gasteiger partial charge in [0.2, 0.25) is 0 Å². The van der Waals surface area contributed by atoms with Crippen LogP contribution in [0.2, 0.25) is 0 Å². The van der Waals surface area contributed by atoms with Gasteiger partial charge in [-0.05, 0) is 38.0 Å². The van der Waals surface area contributed by atoms with Crippen molar-refractivity contribution in [3.8, 4) is 5.75 Å². The van der Waals surface area contributed by atoms with Crippen LogP contribution in [0.3, 0.4) is 0 Å². The molecule has 0 amide bonds. The van der Waals surface area contributed by atoms with Gasteiger partial charge in [-0.25, -0.2) is 0 Å². The summed E-state index contributed by atoms with van der Waals surface area (Å²) in [5.41, 5.74) is 1.30. The molecule has 1 aromatic carbocycles. The monoisotopic (exact) mass is 308 g/mol. The molecule has 0 unspecified atom stereocenters. The van der Waals surface area contributed by atoms with Crippen LogP contribution in [0.15, 0.2) is 24.3 Å². The lowest BCUT2D eigenvalue weighted by Crippen LogP contribution is -3.15. The molecule has 0 saturated carbocycles. The maximum Gasteiger partial charge on any atom is 0.119 e. The number of quaternary nitrogens is 1. The first-order chi connectivity index (χ1) is 10.7. The minimum Gasteiger partial charge on any atom is -0.491 e. The number of rotatable bonds is 8. The molecule has 2 atom stereocenters. The zero-order chi connectivity index (χ0) is 15.8. The van der Waals surface area contributed by atoms with Crippen molar-refractivity contribution in [3.63, 3.8) is 0 Å². The van der Waals surface area contributed by atoms with Crippen molar-refractivity contribution in [1.82, 2.24) is 0 Å². The van der Waals surface area contributed by atoms with Crippen molar-refractivity contribution in [3.05, 3.63) is 29.8 Å². The second kappa shape index (κ2) is 9.13. The number of benzene rings is 1. The molecule has 0 aromatic heterocycles. The van der Waals surface area contributed by atoms with Crippen molar-refractivity contribution < 1.29 is 19.1 Å². The maximum atomic E-state index is 5.75. The van der Waals surface area contributed by atoms with Crippen LogP contribution in [0.25, 0.3) is 0 Å². The molecule has 1 aromatic rings. The van der Waals surface area contributed by atoms with Crippen LogP contribution in [0, 0.1) is 0 Å². The van der Waals surface area contributed by atoms with E-state index in [1.165, 1.54) is 5.56 Å². The second-order valence-corrected chi connectivity index (χ2v) is 6.13. The topological polar surface area (TPSA) is 32.1 Å². The van der Waals surface area contributed by atoms with Gasteiger partial charge in [-0.3, -0.25) is 0 Å². The molecule has 4 nitrogen and oxygen atoms in total. The molecule has 22 heavy (non-hydrogen) atoms. The van der Waals surface area contributed by atoms with Crippen LogP contribution >= 0.6 is 0 Å². The Kier molecular flexibility index (Phi) is 7.16. The second-order valence-electron chi connectivity index (χ2n) is 6.13. The number of ether oxygens (including phenoxy) is 3. The van der Waals surface area contributed by atoms with Gasteiger partial charge in [-0.1, -0.05) is 19.1 Å². The quantitative estimate of drug-likeness (QED) is 0.736. The number of hydrogen-bond acceptors (Lipinski definition) is 3. The molecule has 1 fully saturated rings. The number of aryl methyl sites for hydroxylation is 1. The first kappa shape index (κ1) is 17.3. The molecule has 0 spiro atoms. The lowest BCUT2D eigenvalue weighted by Gasteiger charge is -2.32. The fraction of sp³-hybridized carbons (Fsp3) is 0.667. The average molecular weight is 308 g/mol. The van der Waals surface area contributed by atoms with E-state index >= 15 is 0 Å². The lowest BCUT2D eigenvalue weighted by atomic mass is 10.2. The van der Waals surface area contributed by atoms with Gasteiger partial charge in [0.15, 0.2) is 0 Å². The fourth-order valence-corrected chi connectivity index (χ4v) is 2.99. The first-order valence-corrected chi connectivity index (χ1v) is 8.46. The molecule has 0 aliphatic carbocycles. The molecule has 1 aliphatic rings. The summed E-state index contributed by atoms with van der Waals surface area (Å²) in [6.07, 6.45) is 1.74. The molecule has 1 aliphatic heterocycles. The standard InChI is InChI=1S/C18H29NO3/c1-4-17-6-5-7-18(12-17)21-11-10-20-9-8-19-13-15(2)22-16(3)14-19/h5-7,12,15-16H,4,8-11,13-14H2,1-3H3/p+1/t15-,16-/m0/s1. The lowest BCUT2D eigenvalue weighted by molar-refractivity contribution is -0.915. The third-order valence-electron chi connectivity index (χ3n) is 4.02. The zero-order valence-corrected chi connectivity index (χ0v) is 14.1. The number of nitrogens with one attached hydrogen (secondary N) is 1. The van der Waals surface area contributed by atoms with Crippen LogP contribution in [0.1, 0.15) is 26.3 Å². The Balaban J connectivity index is 1.55. The van der Waals surface area contributed by atoms with Gasteiger partial charge in [-0.15, -0.1) is 0 Å². The van der Waals surface area contributed by atoms with Crippen molar-refractivity contribution in [2.45, 2.75) is 39.4 Å². The van der Waals surface area contributed by atoms with Crippen LogP contribution in [0.5, 0.6) is 5.75 Å². The molecule has 4 heteroatoms. The van der Waals surface area contributed by atoms with Gasteiger partial charge in [-0.2, -0.15) is 0 Å². The van der Waals surface area contributed by atoms with Gasteiger partial charge in [0, 0.05) is 0 Å². The summed E-state index contributed by atoms with van der Waals surface area (Å²) < 4.78 is 17.2. The van der Waals surface area contributed by atoms with E-state index in [-0.39, 0.29) is 0 Å². The highest BCUT2D eigenvalue weighted by Crippen LogP contribution is 2.13. The molecule has 0 radical (unpaired) electrons. The zero-order valence-electron chi connectivity index (χ0n) is 14.1. The number of hydrogen-bond donors (Lipinski definition) is 1. The molecular weight excluding hydrogens is 278 g/mol. The Labute approximate surface area is 134 Å². The minimum absolute atomic E-state index is 0.355. The largest absolute Gasteiger partial charge is 0.491 e. The highest BCUT2D eigenvalue weighted by Gasteiger charge is 2.24. The van der Waals surface area contributed by atoms with Crippen LogP contribution in [-0.2, 0) is 15.9 Å². The van der Waals surface area contributed by atoms with E-state index in [0.29, 0.717) is 25.4 Å². The van der Waals surface area contributed by atoms with E-state index in [1.54, 1.807) is 4.90 Å². The average Bonchev–Trinajstić information content (AvgIpc) is 2.50. The summed E-state index contributed by atoms with van der Waals surface area (Å²) in [6.45, 7) is 11.7. The molecule has 124 valence electrons. The smallest absolute Gasteiger partial charge is 0.119 e. The van der Waals surface area contributed by atoms with Crippen molar-refractivity contribution in [2.24, 2.45) is 0 Å². The fourth-order valence-electron chi connectivity index (χ4n) is 2.99. The normalized spacial score (nSPS) is 25.1. The van der Waals surface area contributed by atoms with Gasteiger partial charge in [0.05, 0.1) is 13.2 Å². The Morgan fingerprint density at radius 2 is 1.91 bits per heavy atom. The van der Waals surface area contributed by atoms with Gasteiger partial charge < -0.3 is 19.1 Å². The summed E-state index contributed by atoms with van der Waals surface area (Å²) in [5.74, 6) is 0.935. The first-order valence-electron chi connectivity index (χ1n) is 8.46. The van der Waals surface area contributed by atoms with E-state index in [9.17, 15) is 0 Å². The Morgan fingerprint density at radius 1 is 1.14 bits per heavy atom. The van der Waals surface area contributed by atoms with E-state index in [0.717, 1.165) is 38.4 Å². The van der Waals surface area contributed by atoms with E-state index in [4.69, 9.17) is 14.2 Å². The maximum absolute atomic E-state index is 5.75. The van der Waals surface area contributed by atoms with Gasteiger partial charge in [0.1, 0.15) is 44.2 Å². The minimum atomic E-state index is 0.355. The molecule has 1 saturated heterocycles. The molecule has 1 N–H and O–H groups in total. The van der Waals surface area contributed by atoms with E-state index in [1.807, 2.05) is 12.1 Å². The van der Waals surface area contributed by atoms with Gasteiger partial charge in [0.25, 0.3) is 0 Å². The van der Waals surface area contributed by atoms with Crippen molar-refractivity contribution in [1.29, 1.82) is 0 Å². The molecule has 1 heterocycles. The third kappa shape index (κ3) is 5.95. The molecular formula is C18H30NO3+. The number of morpholine rings is 1.